The van der Waals surface area contributed by atoms with Gasteiger partial charge < -0.3 is 20.5 Å². The van der Waals surface area contributed by atoms with Gasteiger partial charge in [0.25, 0.3) is 5.69 Å². The Bertz CT molecular complexity index is 507. The number of hydroxylamine groups is 4. The van der Waals surface area contributed by atoms with Gasteiger partial charge in [0.05, 0.1) is 10.5 Å². The van der Waals surface area contributed by atoms with Crippen molar-refractivity contribution >= 4 is 5.69 Å². The second-order valence-corrected chi connectivity index (χ2v) is 6.26. The quantitative estimate of drug-likeness (QED) is 0.450. The van der Waals surface area contributed by atoms with E-state index < -0.39 is 22.2 Å². The smallest absolute Gasteiger partial charge is 0.269 e. The van der Waals surface area contributed by atoms with Crippen LogP contribution < -0.4 is 10.1 Å². The molecule has 1 aromatic rings. The second kappa shape index (κ2) is 4.49. The first-order valence-corrected chi connectivity index (χ1v) is 6.43. The molecule has 7 heteroatoms. The van der Waals surface area contributed by atoms with Crippen LogP contribution in [0.3, 0.4) is 0 Å². The second-order valence-electron chi connectivity index (χ2n) is 6.26. The number of hydrogen-bond acceptors (Lipinski definition) is 4. The van der Waals surface area contributed by atoms with E-state index in [9.17, 15) is 20.5 Å². The number of nitro groups is 1. The number of nitro benzene ring substituents is 1. The van der Waals surface area contributed by atoms with E-state index in [0.29, 0.717) is 5.56 Å². The third-order valence-corrected chi connectivity index (χ3v) is 4.76. The van der Waals surface area contributed by atoms with Crippen molar-refractivity contribution in [2.45, 2.75) is 44.9 Å². The first-order chi connectivity index (χ1) is 9.10. The summed E-state index contributed by atoms with van der Waals surface area (Å²) < 4.78 is 0. The average Bonchev–Trinajstić information content (AvgIpc) is 2.49. The van der Waals surface area contributed by atoms with Crippen LogP contribution in [-0.4, -0.2) is 16.0 Å². The molecule has 0 saturated carbocycles. The molecule has 2 atom stereocenters. The normalized spacial score (nSPS) is 31.2. The van der Waals surface area contributed by atoms with Gasteiger partial charge in [0.2, 0.25) is 6.17 Å². The third kappa shape index (κ3) is 1.90. The van der Waals surface area contributed by atoms with E-state index in [1.54, 1.807) is 27.7 Å². The summed E-state index contributed by atoms with van der Waals surface area (Å²) in [6.07, 6.45) is -0.819. The number of non-ortho nitro benzene ring substituents is 1. The first-order valence-electron chi connectivity index (χ1n) is 6.43. The summed E-state index contributed by atoms with van der Waals surface area (Å²) in [4.78, 5) is 10.1. The number of rotatable bonds is 2. The van der Waals surface area contributed by atoms with Crippen molar-refractivity contribution in [3.05, 3.63) is 50.4 Å². The Balaban J connectivity index is 2.40. The van der Waals surface area contributed by atoms with Crippen LogP contribution >= 0.6 is 0 Å². The van der Waals surface area contributed by atoms with E-state index in [1.807, 2.05) is 0 Å². The maximum Gasteiger partial charge on any atom is 0.269 e. The van der Waals surface area contributed by atoms with E-state index in [0.717, 1.165) is 0 Å². The van der Waals surface area contributed by atoms with Gasteiger partial charge in [0.1, 0.15) is 0 Å². The fraction of sp³-hybridized carbons (Fsp3) is 0.538. The molecule has 0 aliphatic carbocycles. The fourth-order valence-electron chi connectivity index (χ4n) is 2.55. The van der Waals surface area contributed by atoms with Crippen molar-refractivity contribution in [3.63, 3.8) is 0 Å². The molecule has 0 radical (unpaired) electrons. The molecule has 0 bridgehead atoms. The van der Waals surface area contributed by atoms with Crippen molar-refractivity contribution < 1.29 is 15.0 Å². The van der Waals surface area contributed by atoms with E-state index in [-0.39, 0.29) is 15.8 Å². The lowest BCUT2D eigenvalue weighted by atomic mass is 9.84. The maximum atomic E-state index is 12.5. The summed E-state index contributed by atoms with van der Waals surface area (Å²) >= 11 is 0. The van der Waals surface area contributed by atoms with Crippen LogP contribution in [0, 0.1) is 20.5 Å². The van der Waals surface area contributed by atoms with Crippen LogP contribution in [0.1, 0.15) is 39.4 Å². The summed E-state index contributed by atoms with van der Waals surface area (Å²) in [6.45, 7) is 7.11. The van der Waals surface area contributed by atoms with Gasteiger partial charge in [0.15, 0.2) is 11.1 Å². The molecule has 2 rings (SSSR count). The van der Waals surface area contributed by atoms with Gasteiger partial charge in [-0.2, -0.15) is 0 Å². The predicted molar refractivity (Wildman–Crippen MR) is 72.7 cm³/mol. The summed E-state index contributed by atoms with van der Waals surface area (Å²) in [5.74, 6) is 0. The van der Waals surface area contributed by atoms with Crippen molar-refractivity contribution in [1.82, 2.24) is 0 Å². The van der Waals surface area contributed by atoms with Gasteiger partial charge >= 0.3 is 0 Å². The summed E-state index contributed by atoms with van der Waals surface area (Å²) in [6, 6.07) is 5.65. The Morgan fingerprint density at radius 1 is 1.00 bits per heavy atom. The zero-order valence-corrected chi connectivity index (χ0v) is 12.0. The molecule has 1 aliphatic heterocycles. The van der Waals surface area contributed by atoms with Gasteiger partial charge in [-0.1, -0.05) is 0 Å². The highest BCUT2D eigenvalue weighted by atomic mass is 16.6. The summed E-state index contributed by atoms with van der Waals surface area (Å²) in [5.41, 5.74) is -0.998. The minimum atomic E-state index is -0.819. The molecule has 1 aliphatic rings. The molecule has 1 saturated heterocycles. The number of benzene rings is 1. The highest BCUT2D eigenvalue weighted by Gasteiger charge is 2.60. The lowest BCUT2D eigenvalue weighted by Crippen LogP contribution is -3.22. The van der Waals surface area contributed by atoms with Crippen molar-refractivity contribution in [2.24, 2.45) is 0 Å². The SMILES string of the molecule is CC1(C)[NH+]([O-])C(c2ccc([N+](=O)[O-])cc2)[NH+]([O-])C1(C)C. The Kier molecular flexibility index (Phi) is 3.34. The summed E-state index contributed by atoms with van der Waals surface area (Å²) in [7, 11) is 0. The Morgan fingerprint density at radius 2 is 1.40 bits per heavy atom. The Hall–Kier alpha value is -1.54. The number of hydrogen-bond donors (Lipinski definition) is 2. The molecule has 7 nitrogen and oxygen atoms in total. The van der Waals surface area contributed by atoms with Gasteiger partial charge in [-0.15, -0.1) is 0 Å². The minimum absolute atomic E-state index is 0.0508. The lowest BCUT2D eigenvalue weighted by Gasteiger charge is -2.37. The molecule has 2 N–H and O–H groups in total. The molecular formula is C13H19N3O4. The zero-order chi connectivity index (χ0) is 15.3. The molecule has 2 unspecified atom stereocenters. The average molecular weight is 281 g/mol. The van der Waals surface area contributed by atoms with Crippen LogP contribution in [0.2, 0.25) is 0 Å². The van der Waals surface area contributed by atoms with E-state index >= 15 is 0 Å². The monoisotopic (exact) mass is 281 g/mol. The molecule has 0 aromatic heterocycles. The van der Waals surface area contributed by atoms with E-state index in [4.69, 9.17) is 0 Å². The van der Waals surface area contributed by atoms with Gasteiger partial charge in [-0.25, -0.2) is 0 Å². The molecular weight excluding hydrogens is 262 g/mol. The minimum Gasteiger partial charge on any atom is -0.629 e. The number of nitrogens with zero attached hydrogens (tertiary/aromatic N) is 1. The Labute approximate surface area is 117 Å². The highest BCUT2D eigenvalue weighted by Crippen LogP contribution is 2.24. The molecule has 0 amide bonds. The van der Waals surface area contributed by atoms with Crippen molar-refractivity contribution in [1.29, 1.82) is 0 Å². The standard InChI is InChI=1S/C13H19N3O4/c1-12(2)13(3,4)15(18)11(14(12)17)9-5-7-10(8-6-9)16(19)20/h5-8,11,14-15H,1-4H3. The fourth-order valence-corrected chi connectivity index (χ4v) is 2.55. The van der Waals surface area contributed by atoms with E-state index in [1.165, 1.54) is 24.3 Å². The number of quaternary nitrogens is 2. The third-order valence-electron chi connectivity index (χ3n) is 4.76. The van der Waals surface area contributed by atoms with Crippen LogP contribution in [-0.2, 0) is 0 Å². The summed E-state index contributed by atoms with van der Waals surface area (Å²) in [5, 5.41) is 35.4. The maximum absolute atomic E-state index is 12.5. The highest BCUT2D eigenvalue weighted by molar-refractivity contribution is 5.33. The molecule has 1 fully saturated rings. The van der Waals surface area contributed by atoms with Crippen LogP contribution in [0.4, 0.5) is 5.69 Å². The molecule has 1 aromatic carbocycles. The van der Waals surface area contributed by atoms with Crippen LogP contribution in [0.5, 0.6) is 0 Å². The molecule has 110 valence electrons. The lowest BCUT2D eigenvalue weighted by molar-refractivity contribution is -1.05. The van der Waals surface area contributed by atoms with Crippen LogP contribution in [0.25, 0.3) is 0 Å². The molecule has 0 spiro atoms. The molecule has 1 heterocycles. The molecule has 20 heavy (non-hydrogen) atoms. The first kappa shape index (κ1) is 14.9. The van der Waals surface area contributed by atoms with Crippen molar-refractivity contribution in [2.75, 3.05) is 0 Å². The Morgan fingerprint density at radius 3 is 1.75 bits per heavy atom. The number of nitrogens with one attached hydrogen (secondary N) is 2. The predicted octanol–water partition coefficient (Wildman–Crippen LogP) is -0.0704. The van der Waals surface area contributed by atoms with Gasteiger partial charge in [-0.3, -0.25) is 10.1 Å². The zero-order valence-electron chi connectivity index (χ0n) is 12.0. The van der Waals surface area contributed by atoms with Gasteiger partial charge in [-0.05, 0) is 39.8 Å². The van der Waals surface area contributed by atoms with Crippen molar-refractivity contribution in [3.8, 4) is 0 Å². The van der Waals surface area contributed by atoms with E-state index in [2.05, 4.69) is 0 Å². The van der Waals surface area contributed by atoms with Gasteiger partial charge in [0, 0.05) is 12.1 Å². The van der Waals surface area contributed by atoms with Crippen LogP contribution in [0.15, 0.2) is 24.3 Å². The topological polar surface area (TPSA) is 98.1 Å². The largest absolute Gasteiger partial charge is 0.629 e.